The zero-order chi connectivity index (χ0) is 9.26. The Morgan fingerprint density at radius 3 is 2.71 bits per heavy atom. The monoisotopic (exact) mass is 290 g/mol. The second-order valence-electron chi connectivity index (χ2n) is 2.58. The molecule has 0 saturated carbocycles. The number of aromatic nitrogens is 1. The van der Waals surface area contributed by atoms with Crippen LogP contribution in [0.3, 0.4) is 0 Å². The number of hydrogen-bond acceptors (Lipinski definition) is 3. The van der Waals surface area contributed by atoms with Crippen LogP contribution in [-0.2, 0) is 0 Å². The minimum Gasteiger partial charge on any atom is -0.375 e. The van der Waals surface area contributed by atoms with E-state index in [0.717, 1.165) is 11.3 Å². The van der Waals surface area contributed by atoms with Gasteiger partial charge in [-0.25, -0.2) is 4.98 Å². The highest BCUT2D eigenvalue weighted by atomic mass is 79.9. The zero-order valence-corrected chi connectivity index (χ0v) is 10.4. The summed E-state index contributed by atoms with van der Waals surface area (Å²) in [4.78, 5) is 4.16. The van der Waals surface area contributed by atoms with E-state index in [1.807, 2.05) is 29.6 Å². The van der Waals surface area contributed by atoms with Crippen molar-refractivity contribution in [1.29, 1.82) is 0 Å². The van der Waals surface area contributed by atoms with Crippen LogP contribution in [0.2, 0.25) is 5.02 Å². The predicted molar refractivity (Wildman–Crippen MR) is 67.3 cm³/mol. The molecule has 0 fully saturated rings. The van der Waals surface area contributed by atoms with Crippen LogP contribution in [0.4, 0.5) is 5.13 Å². The molecule has 0 aliphatic carbocycles. The summed E-state index contributed by atoms with van der Waals surface area (Å²) in [5, 5.41) is 3.21. The smallest absolute Gasteiger partial charge is 0.180 e. The van der Waals surface area contributed by atoms with E-state index >= 15 is 0 Å². The van der Waals surface area contributed by atoms with Crippen LogP contribution in [0, 0.1) is 0 Å². The van der Waals surface area contributed by atoms with Gasteiger partial charge in [-0.3, -0.25) is 0 Å². The molecule has 0 aliphatic heterocycles. The molecule has 0 bridgehead atoms. The van der Waals surface area contributed by atoms with Gasteiger partial charge >= 0.3 is 0 Å². The van der Waals surface area contributed by atoms with E-state index in [1.54, 1.807) is 0 Å². The molecule has 0 radical (unpaired) electrons. The number of hydrogen-bond donors (Lipinski definition) is 1. The highest BCUT2D eigenvalue weighted by molar-refractivity contribution is 8.93. The molecule has 5 heteroatoms. The summed E-state index contributed by atoms with van der Waals surface area (Å²) in [6.07, 6.45) is 0. The maximum absolute atomic E-state index is 5.85. The summed E-state index contributed by atoms with van der Waals surface area (Å²) >= 11 is 7.27. The van der Waals surface area contributed by atoms with E-state index in [2.05, 4.69) is 4.98 Å². The fraction of sp³-hybridized carbons (Fsp3) is 0. The van der Waals surface area contributed by atoms with Crippen molar-refractivity contribution >= 4 is 45.1 Å². The third-order valence-electron chi connectivity index (χ3n) is 1.64. The highest BCUT2D eigenvalue weighted by Gasteiger charge is 2.01. The fourth-order valence-electron chi connectivity index (χ4n) is 1.07. The van der Waals surface area contributed by atoms with Crippen LogP contribution in [-0.4, -0.2) is 4.98 Å². The Hall–Kier alpha value is -0.580. The van der Waals surface area contributed by atoms with Crippen LogP contribution in [0.25, 0.3) is 11.3 Å². The van der Waals surface area contributed by atoms with E-state index in [1.165, 1.54) is 11.3 Å². The first kappa shape index (κ1) is 11.5. The molecule has 1 aromatic carbocycles. The number of nitrogens with two attached hydrogens (primary N) is 1. The lowest BCUT2D eigenvalue weighted by molar-refractivity contribution is 1.41. The Bertz CT molecular complexity index is 430. The van der Waals surface area contributed by atoms with Gasteiger partial charge in [0, 0.05) is 16.0 Å². The summed E-state index contributed by atoms with van der Waals surface area (Å²) in [5.74, 6) is 0. The van der Waals surface area contributed by atoms with E-state index in [9.17, 15) is 0 Å². The van der Waals surface area contributed by atoms with Crippen LogP contribution in [0.1, 0.15) is 0 Å². The van der Waals surface area contributed by atoms with E-state index in [4.69, 9.17) is 17.3 Å². The van der Waals surface area contributed by atoms with E-state index in [-0.39, 0.29) is 17.0 Å². The first-order chi connectivity index (χ1) is 6.25. The van der Waals surface area contributed by atoms with Gasteiger partial charge in [0.2, 0.25) is 0 Å². The van der Waals surface area contributed by atoms with Crippen molar-refractivity contribution in [2.45, 2.75) is 0 Å². The third kappa shape index (κ3) is 2.47. The van der Waals surface area contributed by atoms with Crippen molar-refractivity contribution in [2.75, 3.05) is 5.73 Å². The fourth-order valence-corrected chi connectivity index (χ4v) is 1.83. The molecule has 0 saturated heterocycles. The van der Waals surface area contributed by atoms with Gasteiger partial charge < -0.3 is 5.73 Å². The summed E-state index contributed by atoms with van der Waals surface area (Å²) in [6.45, 7) is 0. The normalized spacial score (nSPS) is 9.50. The number of anilines is 1. The number of benzene rings is 1. The zero-order valence-electron chi connectivity index (χ0n) is 7.11. The van der Waals surface area contributed by atoms with Crippen molar-refractivity contribution < 1.29 is 0 Å². The number of thiazole rings is 1. The van der Waals surface area contributed by atoms with Crippen molar-refractivity contribution in [1.82, 2.24) is 4.98 Å². The molecule has 1 aromatic heterocycles. The number of halogens is 2. The largest absolute Gasteiger partial charge is 0.375 e. The summed E-state index contributed by atoms with van der Waals surface area (Å²) < 4.78 is 0. The lowest BCUT2D eigenvalue weighted by atomic mass is 10.2. The summed E-state index contributed by atoms with van der Waals surface area (Å²) in [6, 6.07) is 7.56. The van der Waals surface area contributed by atoms with Crippen LogP contribution >= 0.6 is 39.9 Å². The first-order valence-electron chi connectivity index (χ1n) is 3.72. The van der Waals surface area contributed by atoms with Gasteiger partial charge in [0.05, 0.1) is 5.69 Å². The molecule has 14 heavy (non-hydrogen) atoms. The average molecular weight is 292 g/mol. The minimum atomic E-state index is 0. The van der Waals surface area contributed by atoms with Crippen molar-refractivity contribution in [3.63, 3.8) is 0 Å². The molecule has 2 nitrogen and oxygen atoms in total. The minimum absolute atomic E-state index is 0. The van der Waals surface area contributed by atoms with Gasteiger partial charge in [-0.2, -0.15) is 0 Å². The highest BCUT2D eigenvalue weighted by Crippen LogP contribution is 2.24. The van der Waals surface area contributed by atoms with Crippen molar-refractivity contribution in [3.05, 3.63) is 34.7 Å². The Labute approximate surface area is 102 Å². The van der Waals surface area contributed by atoms with Crippen LogP contribution in [0.15, 0.2) is 29.6 Å². The lowest BCUT2D eigenvalue weighted by Crippen LogP contribution is -1.82. The Kier molecular flexibility index (Phi) is 3.92. The van der Waals surface area contributed by atoms with Gasteiger partial charge in [0.15, 0.2) is 5.13 Å². The summed E-state index contributed by atoms with van der Waals surface area (Å²) in [7, 11) is 0. The molecule has 1 heterocycles. The lowest BCUT2D eigenvalue weighted by Gasteiger charge is -1.95. The molecule has 0 atom stereocenters. The van der Waals surface area contributed by atoms with Gasteiger partial charge in [-0.05, 0) is 12.1 Å². The Morgan fingerprint density at radius 2 is 2.14 bits per heavy atom. The van der Waals surface area contributed by atoms with E-state index in [0.29, 0.717) is 10.2 Å². The van der Waals surface area contributed by atoms with Crippen molar-refractivity contribution in [2.24, 2.45) is 0 Å². The quantitative estimate of drug-likeness (QED) is 0.871. The summed E-state index contributed by atoms with van der Waals surface area (Å²) in [5.41, 5.74) is 7.41. The Balaban J connectivity index is 0.000000980. The van der Waals surface area contributed by atoms with Gasteiger partial charge in [-0.1, -0.05) is 23.7 Å². The van der Waals surface area contributed by atoms with E-state index < -0.39 is 0 Å². The standard InChI is InChI=1S/C9H7ClN2S.BrH/c10-7-3-1-2-6(4-7)8-5-13-9(11)12-8;/h1-5H,(H2,11,12);1H. The predicted octanol–water partition coefficient (Wildman–Crippen LogP) is 3.62. The topological polar surface area (TPSA) is 38.9 Å². The molecule has 0 spiro atoms. The second kappa shape index (κ2) is 4.77. The first-order valence-corrected chi connectivity index (χ1v) is 4.98. The number of rotatable bonds is 1. The maximum atomic E-state index is 5.85. The van der Waals surface area contributed by atoms with Crippen LogP contribution in [0.5, 0.6) is 0 Å². The van der Waals surface area contributed by atoms with Gasteiger partial charge in [0.25, 0.3) is 0 Å². The Morgan fingerprint density at radius 1 is 1.36 bits per heavy atom. The second-order valence-corrected chi connectivity index (χ2v) is 3.91. The molecule has 2 N–H and O–H groups in total. The molecule has 2 rings (SSSR count). The molecular formula is C9H8BrClN2S. The van der Waals surface area contributed by atoms with Crippen molar-refractivity contribution in [3.8, 4) is 11.3 Å². The number of nitrogens with zero attached hydrogens (tertiary/aromatic N) is 1. The maximum Gasteiger partial charge on any atom is 0.180 e. The molecule has 74 valence electrons. The third-order valence-corrected chi connectivity index (χ3v) is 2.55. The molecule has 0 amide bonds. The van der Waals surface area contributed by atoms with Crippen LogP contribution < -0.4 is 5.73 Å². The molecular weight excluding hydrogens is 284 g/mol. The average Bonchev–Trinajstić information content (AvgIpc) is 2.52. The van der Waals surface area contributed by atoms with Gasteiger partial charge in [-0.15, -0.1) is 28.3 Å². The SMILES string of the molecule is Br.Nc1nc(-c2cccc(Cl)c2)cs1. The number of nitrogen functional groups attached to an aromatic ring is 1. The molecule has 0 unspecified atom stereocenters. The molecule has 0 aliphatic rings. The van der Waals surface area contributed by atoms with Gasteiger partial charge in [0.1, 0.15) is 0 Å². The molecule has 2 aromatic rings.